The highest BCUT2D eigenvalue weighted by Gasteiger charge is 1.97. The van der Waals surface area contributed by atoms with Crippen LogP contribution in [0.15, 0.2) is 11.3 Å². The largest absolute Gasteiger partial charge is 0.316 e. The summed E-state index contributed by atoms with van der Waals surface area (Å²) in [5.41, 5.74) is 5.79. The number of hydrogen-bond acceptors (Lipinski definition) is 2. The van der Waals surface area contributed by atoms with Gasteiger partial charge in [0, 0.05) is 19.8 Å². The van der Waals surface area contributed by atoms with Crippen LogP contribution in [0.1, 0.15) is 27.2 Å². The lowest BCUT2D eigenvalue weighted by Crippen LogP contribution is -2.29. The van der Waals surface area contributed by atoms with Gasteiger partial charge in [-0.1, -0.05) is 12.5 Å². The quantitative estimate of drug-likeness (QED) is 0.604. The molecule has 0 bridgehead atoms. The predicted octanol–water partition coefficient (Wildman–Crippen LogP) is 1.76. The molecule has 0 saturated heterocycles. The minimum Gasteiger partial charge on any atom is -0.316 e. The lowest BCUT2D eigenvalue weighted by atomic mass is 10.2. The van der Waals surface area contributed by atoms with Gasteiger partial charge in [0.05, 0.1) is 0 Å². The number of rotatable bonds is 3. The van der Waals surface area contributed by atoms with Crippen molar-refractivity contribution in [1.82, 2.24) is 10.4 Å². The van der Waals surface area contributed by atoms with E-state index in [4.69, 9.17) is 0 Å². The van der Waals surface area contributed by atoms with Gasteiger partial charge in [0.25, 0.3) is 0 Å². The van der Waals surface area contributed by atoms with Gasteiger partial charge in [-0.05, 0) is 20.3 Å². The Labute approximate surface area is 63.9 Å². The molecule has 0 unspecified atom stereocenters. The third kappa shape index (κ3) is 2.40. The van der Waals surface area contributed by atoms with Gasteiger partial charge in [-0.3, -0.25) is 0 Å². The molecule has 2 heteroatoms. The van der Waals surface area contributed by atoms with E-state index in [0.29, 0.717) is 0 Å². The van der Waals surface area contributed by atoms with E-state index in [1.54, 1.807) is 0 Å². The summed E-state index contributed by atoms with van der Waals surface area (Å²) in [6, 6.07) is 0. The Hall–Kier alpha value is -0.500. The van der Waals surface area contributed by atoms with Crippen LogP contribution in [-0.2, 0) is 0 Å². The molecule has 0 aromatic rings. The molecule has 0 saturated carbocycles. The van der Waals surface area contributed by atoms with E-state index < -0.39 is 0 Å². The monoisotopic (exact) mass is 142 g/mol. The van der Waals surface area contributed by atoms with Crippen molar-refractivity contribution in [1.29, 1.82) is 0 Å². The lowest BCUT2D eigenvalue weighted by molar-refractivity contribution is 0.329. The first-order valence-electron chi connectivity index (χ1n) is 3.71. The van der Waals surface area contributed by atoms with Crippen LogP contribution in [0, 0.1) is 0 Å². The first-order valence-corrected chi connectivity index (χ1v) is 3.71. The number of allylic oxidation sites excluding steroid dienone is 2. The lowest BCUT2D eigenvalue weighted by Gasteiger charge is -2.20. The van der Waals surface area contributed by atoms with Crippen molar-refractivity contribution < 1.29 is 0 Å². The fourth-order valence-corrected chi connectivity index (χ4v) is 0.710. The topological polar surface area (TPSA) is 15.3 Å². The second-order valence-electron chi connectivity index (χ2n) is 2.50. The highest BCUT2D eigenvalue weighted by molar-refractivity contribution is 5.06. The molecule has 60 valence electrons. The number of hydrogen-bond donors (Lipinski definition) is 1. The molecule has 0 spiro atoms. The van der Waals surface area contributed by atoms with Crippen molar-refractivity contribution in [3.05, 3.63) is 11.3 Å². The summed E-state index contributed by atoms with van der Waals surface area (Å²) in [5, 5.41) is 2.03. The predicted molar refractivity (Wildman–Crippen MR) is 45.5 cm³/mol. The zero-order valence-corrected chi connectivity index (χ0v) is 7.65. The molecular formula is C8H18N2. The minimum absolute atomic E-state index is 1.12. The summed E-state index contributed by atoms with van der Waals surface area (Å²) in [5.74, 6) is 0. The van der Waals surface area contributed by atoms with Crippen molar-refractivity contribution in [3.8, 4) is 0 Å². The summed E-state index contributed by atoms with van der Waals surface area (Å²) < 4.78 is 0. The molecular weight excluding hydrogens is 124 g/mol. The highest BCUT2D eigenvalue weighted by atomic mass is 15.5. The normalized spacial score (nSPS) is 12.9. The maximum atomic E-state index is 3.06. The Bertz CT molecular complexity index is 127. The van der Waals surface area contributed by atoms with Crippen molar-refractivity contribution in [2.24, 2.45) is 0 Å². The standard InChI is InChI=1S/C8H18N2/c1-6-7(2)8(3)10(5)9-4/h9H,6H2,1-5H3/b8-7-. The molecule has 10 heavy (non-hydrogen) atoms. The van der Waals surface area contributed by atoms with Crippen LogP contribution in [0.3, 0.4) is 0 Å². The first-order chi connectivity index (χ1) is 4.63. The van der Waals surface area contributed by atoms with E-state index >= 15 is 0 Å². The van der Waals surface area contributed by atoms with Crippen LogP contribution in [0.25, 0.3) is 0 Å². The SMILES string of the molecule is CC/C(C)=C(/C)N(C)NC. The van der Waals surface area contributed by atoms with E-state index in [0.717, 1.165) is 6.42 Å². The molecule has 0 aliphatic heterocycles. The highest BCUT2D eigenvalue weighted by Crippen LogP contribution is 2.07. The van der Waals surface area contributed by atoms with Gasteiger partial charge in [-0.2, -0.15) is 0 Å². The fraction of sp³-hybridized carbons (Fsp3) is 0.750. The average Bonchev–Trinajstić information content (AvgIpc) is 2.00. The molecule has 0 rings (SSSR count). The second kappa shape index (κ2) is 4.34. The molecule has 0 aliphatic rings. The van der Waals surface area contributed by atoms with Crippen molar-refractivity contribution in [2.75, 3.05) is 14.1 Å². The molecule has 2 nitrogen and oxygen atoms in total. The first kappa shape index (κ1) is 9.50. The van der Waals surface area contributed by atoms with Gasteiger partial charge in [0.2, 0.25) is 0 Å². The van der Waals surface area contributed by atoms with Gasteiger partial charge in [0.1, 0.15) is 0 Å². The molecule has 0 atom stereocenters. The van der Waals surface area contributed by atoms with E-state index in [2.05, 4.69) is 26.2 Å². The van der Waals surface area contributed by atoms with E-state index in [1.165, 1.54) is 11.3 Å². The van der Waals surface area contributed by atoms with E-state index in [-0.39, 0.29) is 0 Å². The maximum Gasteiger partial charge on any atom is 0.0248 e. The summed E-state index contributed by atoms with van der Waals surface area (Å²) in [6.45, 7) is 6.45. The third-order valence-electron chi connectivity index (χ3n) is 1.99. The van der Waals surface area contributed by atoms with Crippen LogP contribution in [0.4, 0.5) is 0 Å². The summed E-state index contributed by atoms with van der Waals surface area (Å²) in [7, 11) is 3.95. The minimum atomic E-state index is 1.12. The molecule has 0 aliphatic carbocycles. The van der Waals surface area contributed by atoms with Crippen molar-refractivity contribution in [2.45, 2.75) is 27.2 Å². The average molecular weight is 142 g/mol. The zero-order chi connectivity index (χ0) is 8.15. The Morgan fingerprint density at radius 2 is 1.90 bits per heavy atom. The number of nitrogens with one attached hydrogen (secondary N) is 1. The van der Waals surface area contributed by atoms with Crippen molar-refractivity contribution >= 4 is 0 Å². The van der Waals surface area contributed by atoms with Gasteiger partial charge in [-0.15, -0.1) is 0 Å². The molecule has 0 aromatic heterocycles. The smallest absolute Gasteiger partial charge is 0.0248 e. The van der Waals surface area contributed by atoms with E-state index in [1.807, 2.05) is 19.1 Å². The molecule has 1 N–H and O–H groups in total. The fourth-order valence-electron chi connectivity index (χ4n) is 0.710. The summed E-state index contributed by atoms with van der Waals surface area (Å²) in [6.07, 6.45) is 1.12. The molecule has 0 fully saturated rings. The molecule has 0 amide bonds. The molecule has 0 radical (unpaired) electrons. The van der Waals surface area contributed by atoms with Gasteiger partial charge in [-0.25, -0.2) is 5.43 Å². The summed E-state index contributed by atoms with van der Waals surface area (Å²) in [4.78, 5) is 0. The van der Waals surface area contributed by atoms with E-state index in [9.17, 15) is 0 Å². The third-order valence-corrected chi connectivity index (χ3v) is 1.99. The number of nitrogens with zero attached hydrogens (tertiary/aromatic N) is 1. The van der Waals surface area contributed by atoms with Crippen LogP contribution in [0.5, 0.6) is 0 Å². The van der Waals surface area contributed by atoms with Gasteiger partial charge >= 0.3 is 0 Å². The number of hydrazine groups is 1. The Morgan fingerprint density at radius 3 is 2.20 bits per heavy atom. The van der Waals surface area contributed by atoms with Crippen LogP contribution < -0.4 is 5.43 Å². The van der Waals surface area contributed by atoms with Crippen LogP contribution >= 0.6 is 0 Å². The maximum absolute atomic E-state index is 3.06. The van der Waals surface area contributed by atoms with Crippen molar-refractivity contribution in [3.63, 3.8) is 0 Å². The Kier molecular flexibility index (Phi) is 4.12. The Morgan fingerprint density at radius 1 is 1.40 bits per heavy atom. The van der Waals surface area contributed by atoms with Crippen LogP contribution in [-0.4, -0.2) is 19.1 Å². The zero-order valence-electron chi connectivity index (χ0n) is 7.65. The summed E-state index contributed by atoms with van der Waals surface area (Å²) >= 11 is 0. The second-order valence-corrected chi connectivity index (χ2v) is 2.50. The Balaban J connectivity index is 4.15. The molecule has 0 aromatic carbocycles. The van der Waals surface area contributed by atoms with Gasteiger partial charge < -0.3 is 5.01 Å². The van der Waals surface area contributed by atoms with Crippen LogP contribution in [0.2, 0.25) is 0 Å². The molecule has 0 heterocycles. The van der Waals surface area contributed by atoms with Gasteiger partial charge in [0.15, 0.2) is 0 Å².